The molecule has 9 rings (SSSR count). The molecule has 3 saturated heterocycles. The second kappa shape index (κ2) is 18.3. The van der Waals surface area contributed by atoms with Gasteiger partial charge in [-0.3, -0.25) is 29.3 Å². The summed E-state index contributed by atoms with van der Waals surface area (Å²) in [7, 11) is 1.48. The van der Waals surface area contributed by atoms with Gasteiger partial charge in [-0.25, -0.2) is 4.39 Å². The molecule has 4 aromatic carbocycles. The number of benzene rings is 4. The molecule has 0 aromatic heterocycles. The van der Waals surface area contributed by atoms with E-state index >= 15 is 4.39 Å². The number of likely N-dealkylation sites (tertiary alicyclic amines) is 1. The highest BCUT2D eigenvalue weighted by Gasteiger charge is 2.61. The zero-order valence-electron chi connectivity index (χ0n) is 37.9. The van der Waals surface area contributed by atoms with Crippen LogP contribution in [-0.2, 0) is 26.3 Å². The molecule has 0 bridgehead atoms. The van der Waals surface area contributed by atoms with E-state index in [1.54, 1.807) is 42.5 Å². The summed E-state index contributed by atoms with van der Waals surface area (Å²) in [5.74, 6) is 4.17. The number of piperidine rings is 1. The number of halogens is 3. The number of amides is 5. The van der Waals surface area contributed by atoms with E-state index in [2.05, 4.69) is 53.9 Å². The summed E-state index contributed by atoms with van der Waals surface area (Å²) >= 11 is 12.9. The summed E-state index contributed by atoms with van der Waals surface area (Å²) in [5.41, 5.74) is 3.97. The molecular weight excluding hydrogens is 895 g/mol. The van der Waals surface area contributed by atoms with Gasteiger partial charge in [0, 0.05) is 83.3 Å². The number of carbonyl (C=O) groups is 5. The lowest BCUT2D eigenvalue weighted by molar-refractivity contribution is -0.137. The van der Waals surface area contributed by atoms with Crippen LogP contribution in [0.5, 0.6) is 5.75 Å². The monoisotopic (exact) mass is 946 g/mol. The van der Waals surface area contributed by atoms with Gasteiger partial charge in [-0.15, -0.1) is 0 Å². The maximum absolute atomic E-state index is 16.3. The first-order chi connectivity index (χ1) is 32.1. The Morgan fingerprint density at radius 2 is 1.79 bits per heavy atom. The van der Waals surface area contributed by atoms with Crippen LogP contribution in [0.3, 0.4) is 0 Å². The fourth-order valence-corrected chi connectivity index (χ4v) is 11.3. The molecule has 5 aliphatic rings. The highest BCUT2D eigenvalue weighted by atomic mass is 35.5. The van der Waals surface area contributed by atoms with Crippen molar-refractivity contribution in [3.63, 3.8) is 0 Å². The Balaban J connectivity index is 0.913. The van der Waals surface area contributed by atoms with Crippen LogP contribution in [0.1, 0.15) is 108 Å². The quantitative estimate of drug-likeness (QED) is 0.108. The topological polar surface area (TPSA) is 149 Å². The summed E-state index contributed by atoms with van der Waals surface area (Å²) in [6.45, 7) is 8.12. The van der Waals surface area contributed by atoms with Crippen molar-refractivity contribution < 1.29 is 33.1 Å². The van der Waals surface area contributed by atoms with Crippen molar-refractivity contribution in [2.75, 3.05) is 37.4 Å². The zero-order chi connectivity index (χ0) is 47.4. The predicted molar refractivity (Wildman–Crippen MR) is 255 cm³/mol. The number of fused-ring (bicyclic) bond motifs is 3. The van der Waals surface area contributed by atoms with Crippen molar-refractivity contribution in [2.45, 2.75) is 95.3 Å². The molecule has 12 nitrogen and oxygen atoms in total. The fourth-order valence-electron chi connectivity index (χ4n) is 10.9. The molecule has 4 N–H and O–H groups in total. The molecule has 0 radical (unpaired) electrons. The van der Waals surface area contributed by atoms with E-state index in [0.29, 0.717) is 65.6 Å². The molecule has 0 aliphatic carbocycles. The first kappa shape index (κ1) is 46.2. The van der Waals surface area contributed by atoms with Crippen molar-refractivity contribution >= 4 is 64.1 Å². The number of ether oxygens (including phenoxy) is 1. The van der Waals surface area contributed by atoms with Gasteiger partial charge >= 0.3 is 0 Å². The number of hydrogen-bond donors (Lipinski definition) is 4. The summed E-state index contributed by atoms with van der Waals surface area (Å²) in [6, 6.07) is 19.1. The van der Waals surface area contributed by atoms with Crippen LogP contribution < -0.4 is 26.0 Å². The van der Waals surface area contributed by atoms with Gasteiger partial charge in [0.15, 0.2) is 0 Å². The normalized spacial score (nSPS) is 24.6. The number of hydrogen-bond acceptors (Lipinski definition) is 8. The highest BCUT2D eigenvalue weighted by molar-refractivity contribution is 6.31. The molecule has 5 heterocycles. The van der Waals surface area contributed by atoms with Crippen molar-refractivity contribution in [3.05, 3.63) is 122 Å². The smallest absolute Gasteiger partial charge is 0.255 e. The lowest BCUT2D eigenvalue weighted by atomic mass is 9.63. The first-order valence-electron chi connectivity index (χ1n) is 22.9. The van der Waals surface area contributed by atoms with Crippen LogP contribution in [0.15, 0.2) is 72.8 Å². The number of methoxy groups -OCH3 is 1. The molecular formula is C52H53Cl2FN6O6. The van der Waals surface area contributed by atoms with E-state index < -0.39 is 41.0 Å². The summed E-state index contributed by atoms with van der Waals surface area (Å²) in [4.78, 5) is 69.9. The maximum Gasteiger partial charge on any atom is 0.255 e. The Morgan fingerprint density at radius 3 is 2.57 bits per heavy atom. The molecule has 5 amide bonds. The average molecular weight is 948 g/mol. The van der Waals surface area contributed by atoms with Gasteiger partial charge in [0.25, 0.3) is 11.8 Å². The fraction of sp³-hybridized carbons (Fsp3) is 0.404. The Labute approximate surface area is 399 Å². The van der Waals surface area contributed by atoms with Crippen molar-refractivity contribution in [2.24, 2.45) is 11.3 Å². The number of nitrogens with one attached hydrogen (secondary N) is 4. The van der Waals surface area contributed by atoms with Gasteiger partial charge < -0.3 is 30.5 Å². The van der Waals surface area contributed by atoms with Crippen LogP contribution in [0.4, 0.5) is 15.8 Å². The van der Waals surface area contributed by atoms with Crippen molar-refractivity contribution in [3.8, 4) is 17.6 Å². The minimum Gasteiger partial charge on any atom is -0.495 e. The number of anilines is 2. The second-order valence-electron chi connectivity index (χ2n) is 19.5. The van der Waals surface area contributed by atoms with E-state index in [1.807, 2.05) is 29.2 Å². The average Bonchev–Trinajstić information content (AvgIpc) is 3.86. The van der Waals surface area contributed by atoms with Crippen LogP contribution in [0.2, 0.25) is 10.0 Å². The number of rotatable bonds is 7. The molecule has 4 aromatic rings. The standard InChI is InChI=1S/C52H53Cl2FN6O6/c1-51(2,3)26-42-52(28-56-39-25-32(53)16-17-36(39)52)44(34-11-6-12-37(54)45(34)55)46(58-42)48(64)57-38-18-15-31(24-41(38)67-4)49(65)60-22-7-8-29(21-23-60)13-14-30-9-5-10-33-35(30)27-61(50(33)66)40-19-20-43(62)59-47(40)63/h5-6,9-12,15-18,24-25,29,40,42,44,46,56,58H,7-8,19-23,26-28H2,1-4H3,(H,57,64)(H,59,62,63)/t29-,40?,42-,44-,46+,52-/m0/s1. The Bertz CT molecular complexity index is 2770. The van der Waals surface area contributed by atoms with E-state index in [0.717, 1.165) is 35.2 Å². The second-order valence-corrected chi connectivity index (χ2v) is 20.3. The van der Waals surface area contributed by atoms with Crippen LogP contribution >= 0.6 is 23.2 Å². The molecule has 348 valence electrons. The predicted octanol–water partition coefficient (Wildman–Crippen LogP) is 8.06. The van der Waals surface area contributed by atoms with Crippen LogP contribution in [0.25, 0.3) is 0 Å². The SMILES string of the molecule is COc1cc(C(=O)N2CCC[C@@H](C#Cc3cccc4c3CN(C3CCC(=O)NC3=O)C4=O)CC2)ccc1NC(=O)[C@@H]1N[C@@H](CC(C)(C)C)[C@@]2(CNc3cc(Cl)ccc32)[C@H]1c1cccc(Cl)c1F. The van der Waals surface area contributed by atoms with Gasteiger partial charge in [0.1, 0.15) is 17.6 Å². The molecule has 0 saturated carbocycles. The van der Waals surface area contributed by atoms with Gasteiger partial charge in [-0.05, 0) is 103 Å². The molecule has 1 spiro atoms. The molecule has 1 unspecified atom stereocenters. The molecule has 6 atom stereocenters. The molecule has 67 heavy (non-hydrogen) atoms. The van der Waals surface area contributed by atoms with Gasteiger partial charge in [-0.1, -0.05) is 80.1 Å². The zero-order valence-corrected chi connectivity index (χ0v) is 39.4. The first-order valence-corrected chi connectivity index (χ1v) is 23.6. The highest BCUT2D eigenvalue weighted by Crippen LogP contribution is 2.57. The van der Waals surface area contributed by atoms with Crippen LogP contribution in [-0.4, -0.2) is 84.2 Å². The number of carbonyl (C=O) groups excluding carboxylic acids is 5. The van der Waals surface area contributed by atoms with E-state index in [-0.39, 0.29) is 59.5 Å². The van der Waals surface area contributed by atoms with Crippen LogP contribution in [0, 0.1) is 29.0 Å². The van der Waals surface area contributed by atoms with Gasteiger partial charge in [-0.2, -0.15) is 0 Å². The summed E-state index contributed by atoms with van der Waals surface area (Å²) in [6.07, 6.45) is 3.30. The van der Waals surface area contributed by atoms with Gasteiger partial charge in [0.05, 0.1) is 23.9 Å². The maximum atomic E-state index is 16.3. The van der Waals surface area contributed by atoms with Gasteiger partial charge in [0.2, 0.25) is 17.7 Å². The Hall–Kier alpha value is -5.94. The van der Waals surface area contributed by atoms with E-state index in [1.165, 1.54) is 18.1 Å². The minimum atomic E-state index is -0.902. The molecule has 3 fully saturated rings. The van der Waals surface area contributed by atoms with E-state index in [9.17, 15) is 24.0 Å². The lowest BCUT2D eigenvalue weighted by Crippen LogP contribution is -2.52. The number of imide groups is 1. The minimum absolute atomic E-state index is 0.00552. The largest absolute Gasteiger partial charge is 0.495 e. The molecule has 15 heteroatoms. The third-order valence-corrected chi connectivity index (χ3v) is 14.6. The third kappa shape index (κ3) is 8.76. The summed E-state index contributed by atoms with van der Waals surface area (Å²) in [5, 5.41) is 13.2. The Morgan fingerprint density at radius 1 is 0.985 bits per heavy atom. The van der Waals surface area contributed by atoms with E-state index in [4.69, 9.17) is 27.9 Å². The third-order valence-electron chi connectivity index (χ3n) is 14.1. The van der Waals surface area contributed by atoms with Crippen molar-refractivity contribution in [1.82, 2.24) is 20.4 Å². The lowest BCUT2D eigenvalue weighted by Gasteiger charge is -2.39. The summed E-state index contributed by atoms with van der Waals surface area (Å²) < 4.78 is 22.1. The number of nitrogens with zero attached hydrogens (tertiary/aromatic N) is 2. The van der Waals surface area contributed by atoms with Crippen molar-refractivity contribution in [1.29, 1.82) is 0 Å². The molecule has 5 aliphatic heterocycles. The Kier molecular flexibility index (Phi) is 12.6.